The van der Waals surface area contributed by atoms with Gasteiger partial charge in [0, 0.05) is 36.6 Å². The Kier molecular flexibility index (Phi) is 6.83. The Morgan fingerprint density at radius 2 is 1.53 bits per heavy atom. The van der Waals surface area contributed by atoms with Gasteiger partial charge in [0.2, 0.25) is 0 Å². The van der Waals surface area contributed by atoms with Crippen LogP contribution in [0.15, 0.2) is 66.9 Å². The fraction of sp³-hybridized carbons (Fsp3) is 0.136. The Morgan fingerprint density at radius 3 is 2.10 bits per heavy atom. The zero-order chi connectivity index (χ0) is 21.3. The van der Waals surface area contributed by atoms with Crippen molar-refractivity contribution in [1.29, 1.82) is 0 Å². The maximum atomic E-state index is 12.3. The SMILES string of the molecule is COc1ccc(CNC(=O)NCc2ccc(C(=O)Nc3ccnc(N)c3)cc2)cc1. The molecule has 0 spiro atoms. The second-order valence-corrected chi connectivity index (χ2v) is 6.50. The van der Waals surface area contributed by atoms with E-state index in [-0.39, 0.29) is 11.9 Å². The first kappa shape index (κ1) is 20.7. The number of amides is 3. The minimum Gasteiger partial charge on any atom is -0.497 e. The predicted octanol–water partition coefficient (Wildman–Crippen LogP) is 2.92. The van der Waals surface area contributed by atoms with E-state index in [2.05, 4.69) is 20.9 Å². The Bertz CT molecular complexity index is 1000. The summed E-state index contributed by atoms with van der Waals surface area (Å²) in [6.45, 7) is 0.756. The molecule has 0 radical (unpaired) electrons. The Hall–Kier alpha value is -4.07. The van der Waals surface area contributed by atoms with E-state index in [4.69, 9.17) is 10.5 Å². The van der Waals surface area contributed by atoms with E-state index in [0.717, 1.165) is 16.9 Å². The predicted molar refractivity (Wildman–Crippen MR) is 115 cm³/mol. The van der Waals surface area contributed by atoms with Gasteiger partial charge in [-0.25, -0.2) is 9.78 Å². The maximum absolute atomic E-state index is 12.3. The number of urea groups is 1. The van der Waals surface area contributed by atoms with Gasteiger partial charge in [-0.1, -0.05) is 24.3 Å². The van der Waals surface area contributed by atoms with Crippen molar-refractivity contribution in [3.63, 3.8) is 0 Å². The number of hydrogen-bond donors (Lipinski definition) is 4. The molecule has 30 heavy (non-hydrogen) atoms. The Balaban J connectivity index is 1.45. The van der Waals surface area contributed by atoms with Crippen molar-refractivity contribution < 1.29 is 14.3 Å². The summed E-state index contributed by atoms with van der Waals surface area (Å²) >= 11 is 0. The van der Waals surface area contributed by atoms with E-state index in [1.807, 2.05) is 24.3 Å². The average Bonchev–Trinajstić information content (AvgIpc) is 2.77. The lowest BCUT2D eigenvalue weighted by Crippen LogP contribution is -2.34. The fourth-order valence-electron chi connectivity index (χ4n) is 2.67. The molecule has 8 heteroatoms. The van der Waals surface area contributed by atoms with Gasteiger partial charge in [0.15, 0.2) is 0 Å². The molecule has 3 aromatic rings. The van der Waals surface area contributed by atoms with Crippen molar-refractivity contribution in [3.05, 3.63) is 83.6 Å². The summed E-state index contributed by atoms with van der Waals surface area (Å²) in [4.78, 5) is 28.2. The topological polar surface area (TPSA) is 118 Å². The maximum Gasteiger partial charge on any atom is 0.315 e. The van der Waals surface area contributed by atoms with Gasteiger partial charge in [0.25, 0.3) is 5.91 Å². The molecule has 3 amide bonds. The molecular weight excluding hydrogens is 382 g/mol. The van der Waals surface area contributed by atoms with E-state index in [0.29, 0.717) is 30.2 Å². The zero-order valence-electron chi connectivity index (χ0n) is 16.5. The molecule has 0 atom stereocenters. The molecule has 1 aromatic heterocycles. The second kappa shape index (κ2) is 9.92. The number of methoxy groups -OCH3 is 1. The number of nitrogen functional groups attached to an aromatic ring is 1. The quantitative estimate of drug-likeness (QED) is 0.482. The van der Waals surface area contributed by atoms with Gasteiger partial charge in [-0.15, -0.1) is 0 Å². The van der Waals surface area contributed by atoms with Crippen LogP contribution in [0.2, 0.25) is 0 Å². The van der Waals surface area contributed by atoms with Crippen LogP contribution in [0.5, 0.6) is 5.75 Å². The highest BCUT2D eigenvalue weighted by Gasteiger charge is 2.07. The average molecular weight is 405 g/mol. The molecule has 0 aliphatic heterocycles. The van der Waals surface area contributed by atoms with Crippen LogP contribution in [-0.2, 0) is 13.1 Å². The largest absolute Gasteiger partial charge is 0.497 e. The lowest BCUT2D eigenvalue weighted by Gasteiger charge is -2.09. The molecule has 1 heterocycles. The van der Waals surface area contributed by atoms with E-state index >= 15 is 0 Å². The minimum absolute atomic E-state index is 0.252. The number of hydrogen-bond acceptors (Lipinski definition) is 5. The number of rotatable bonds is 7. The standard InChI is InChI=1S/C22H23N5O3/c1-30-19-8-4-16(5-9-19)14-26-22(29)25-13-15-2-6-17(7-3-15)21(28)27-18-10-11-24-20(23)12-18/h2-12H,13-14H2,1H3,(H2,25,26,29)(H3,23,24,27,28). The molecule has 5 N–H and O–H groups in total. The van der Waals surface area contributed by atoms with Crippen molar-refractivity contribution in [2.75, 3.05) is 18.2 Å². The van der Waals surface area contributed by atoms with Crippen LogP contribution in [0, 0.1) is 0 Å². The summed E-state index contributed by atoms with van der Waals surface area (Å²) in [5, 5.41) is 8.35. The van der Waals surface area contributed by atoms with Gasteiger partial charge in [0.05, 0.1) is 7.11 Å². The Labute approximate surface area is 174 Å². The van der Waals surface area contributed by atoms with Crippen molar-refractivity contribution in [1.82, 2.24) is 15.6 Å². The lowest BCUT2D eigenvalue weighted by atomic mass is 10.1. The molecule has 3 rings (SSSR count). The summed E-state index contributed by atoms with van der Waals surface area (Å²) in [6.07, 6.45) is 1.53. The highest BCUT2D eigenvalue weighted by Crippen LogP contribution is 2.12. The highest BCUT2D eigenvalue weighted by molar-refractivity contribution is 6.04. The number of carbonyl (C=O) groups is 2. The number of benzene rings is 2. The number of nitrogens with one attached hydrogen (secondary N) is 3. The number of nitrogens with zero attached hydrogens (tertiary/aromatic N) is 1. The van der Waals surface area contributed by atoms with Crippen molar-refractivity contribution >= 4 is 23.4 Å². The molecule has 0 bridgehead atoms. The summed E-state index contributed by atoms with van der Waals surface area (Å²) in [6, 6.07) is 17.4. The number of carbonyl (C=O) groups excluding carboxylic acids is 2. The molecule has 154 valence electrons. The van der Waals surface area contributed by atoms with Gasteiger partial charge in [-0.3, -0.25) is 4.79 Å². The zero-order valence-corrected chi connectivity index (χ0v) is 16.5. The first-order valence-corrected chi connectivity index (χ1v) is 9.30. The highest BCUT2D eigenvalue weighted by atomic mass is 16.5. The van der Waals surface area contributed by atoms with Crippen LogP contribution in [-0.4, -0.2) is 24.0 Å². The minimum atomic E-state index is -0.275. The normalized spacial score (nSPS) is 10.2. The van der Waals surface area contributed by atoms with Crippen LogP contribution in [0.4, 0.5) is 16.3 Å². The van der Waals surface area contributed by atoms with Crippen molar-refractivity contribution in [2.24, 2.45) is 0 Å². The number of ether oxygens (including phenoxy) is 1. The monoisotopic (exact) mass is 405 g/mol. The molecular formula is C22H23N5O3. The van der Waals surface area contributed by atoms with Gasteiger partial charge >= 0.3 is 6.03 Å². The number of pyridine rings is 1. The fourth-order valence-corrected chi connectivity index (χ4v) is 2.67. The van der Waals surface area contributed by atoms with E-state index in [1.54, 1.807) is 43.5 Å². The van der Waals surface area contributed by atoms with Crippen LogP contribution in [0.1, 0.15) is 21.5 Å². The summed E-state index contributed by atoms with van der Waals surface area (Å²) in [5.74, 6) is 0.849. The smallest absolute Gasteiger partial charge is 0.315 e. The molecule has 0 saturated heterocycles. The first-order valence-electron chi connectivity index (χ1n) is 9.30. The Morgan fingerprint density at radius 1 is 0.933 bits per heavy atom. The van der Waals surface area contributed by atoms with Crippen molar-refractivity contribution in [2.45, 2.75) is 13.1 Å². The summed E-state index contributed by atoms with van der Waals surface area (Å²) < 4.78 is 5.11. The lowest BCUT2D eigenvalue weighted by molar-refractivity contribution is 0.102. The van der Waals surface area contributed by atoms with Crippen LogP contribution in [0.25, 0.3) is 0 Å². The number of nitrogens with two attached hydrogens (primary N) is 1. The van der Waals surface area contributed by atoms with Crippen molar-refractivity contribution in [3.8, 4) is 5.75 Å². The van der Waals surface area contributed by atoms with Gasteiger partial charge in [0.1, 0.15) is 11.6 Å². The molecule has 0 aliphatic rings. The van der Waals surface area contributed by atoms with Gasteiger partial charge in [-0.2, -0.15) is 0 Å². The van der Waals surface area contributed by atoms with E-state index in [1.165, 1.54) is 6.20 Å². The molecule has 0 saturated carbocycles. The third-order valence-electron chi connectivity index (χ3n) is 4.32. The summed E-state index contributed by atoms with van der Waals surface area (Å²) in [7, 11) is 1.61. The summed E-state index contributed by atoms with van der Waals surface area (Å²) in [5.41, 5.74) is 8.53. The third kappa shape index (κ3) is 5.96. The van der Waals surface area contributed by atoms with E-state index in [9.17, 15) is 9.59 Å². The number of anilines is 2. The van der Waals surface area contributed by atoms with Gasteiger partial charge in [-0.05, 0) is 41.5 Å². The molecule has 0 aliphatic carbocycles. The first-order chi connectivity index (χ1) is 14.5. The van der Waals surface area contributed by atoms with Crippen LogP contribution < -0.4 is 26.4 Å². The van der Waals surface area contributed by atoms with Gasteiger partial charge < -0.3 is 26.4 Å². The van der Waals surface area contributed by atoms with E-state index < -0.39 is 0 Å². The second-order valence-electron chi connectivity index (χ2n) is 6.50. The third-order valence-corrected chi connectivity index (χ3v) is 4.32. The number of aromatic nitrogens is 1. The molecule has 0 unspecified atom stereocenters. The van der Waals surface area contributed by atoms with Crippen LogP contribution >= 0.6 is 0 Å². The molecule has 8 nitrogen and oxygen atoms in total. The van der Waals surface area contributed by atoms with Crippen LogP contribution in [0.3, 0.4) is 0 Å². The molecule has 0 fully saturated rings. The molecule has 2 aromatic carbocycles.